The number of benzene rings is 2. The Morgan fingerprint density at radius 3 is 2.38 bits per heavy atom. The number of hydrogen-bond donors (Lipinski definition) is 3. The molecule has 0 aliphatic rings. The SMILES string of the molecule is CCCCC[C@@H](CNCNc1nc(-c2ccccc2)cc(C(F)(F)F)c1C)CC(=O)NOCc1ccccc1. The minimum atomic E-state index is -4.50. The number of halogens is 3. The summed E-state index contributed by atoms with van der Waals surface area (Å²) < 4.78 is 41.3. The van der Waals surface area contributed by atoms with Gasteiger partial charge in [0.15, 0.2) is 0 Å². The summed E-state index contributed by atoms with van der Waals surface area (Å²) in [6.07, 6.45) is -0.241. The van der Waals surface area contributed by atoms with E-state index in [1.54, 1.807) is 30.3 Å². The molecule has 2 aromatic carbocycles. The molecule has 0 aliphatic carbocycles. The van der Waals surface area contributed by atoms with E-state index in [0.717, 1.165) is 37.3 Å². The number of rotatable bonds is 15. The van der Waals surface area contributed by atoms with Crippen LogP contribution in [0.1, 0.15) is 55.7 Å². The van der Waals surface area contributed by atoms with Gasteiger partial charge in [-0.15, -0.1) is 0 Å². The van der Waals surface area contributed by atoms with Gasteiger partial charge < -0.3 is 5.32 Å². The van der Waals surface area contributed by atoms with E-state index >= 15 is 0 Å². The molecule has 0 spiro atoms. The highest BCUT2D eigenvalue weighted by atomic mass is 19.4. The highest BCUT2D eigenvalue weighted by Gasteiger charge is 2.34. The van der Waals surface area contributed by atoms with Crippen molar-refractivity contribution < 1.29 is 22.8 Å². The minimum Gasteiger partial charge on any atom is -0.357 e. The van der Waals surface area contributed by atoms with Crippen molar-refractivity contribution >= 4 is 11.7 Å². The fourth-order valence-electron chi connectivity index (χ4n) is 4.29. The van der Waals surface area contributed by atoms with Crippen molar-refractivity contribution in [3.8, 4) is 11.3 Å². The Morgan fingerprint density at radius 1 is 1.03 bits per heavy atom. The Bertz CT molecular complexity index is 1160. The Kier molecular flexibility index (Phi) is 11.8. The van der Waals surface area contributed by atoms with Crippen LogP contribution in [0.5, 0.6) is 0 Å². The lowest BCUT2D eigenvalue weighted by atomic mass is 9.97. The molecule has 210 valence electrons. The number of nitrogens with one attached hydrogen (secondary N) is 3. The van der Waals surface area contributed by atoms with Crippen molar-refractivity contribution in [2.75, 3.05) is 18.5 Å². The van der Waals surface area contributed by atoms with Gasteiger partial charge in [-0.3, -0.25) is 14.9 Å². The quantitative estimate of drug-likeness (QED) is 0.111. The molecular formula is C30H37F3N4O2. The second-order valence-electron chi connectivity index (χ2n) is 9.57. The van der Waals surface area contributed by atoms with Crippen LogP contribution in [0.4, 0.5) is 19.0 Å². The van der Waals surface area contributed by atoms with Crippen LogP contribution in [-0.4, -0.2) is 24.1 Å². The number of hydroxylamine groups is 1. The first-order valence-corrected chi connectivity index (χ1v) is 13.3. The van der Waals surface area contributed by atoms with E-state index in [0.29, 0.717) is 12.1 Å². The van der Waals surface area contributed by atoms with Crippen molar-refractivity contribution in [3.05, 3.63) is 83.4 Å². The van der Waals surface area contributed by atoms with Gasteiger partial charge in [0.25, 0.3) is 0 Å². The molecule has 1 heterocycles. The van der Waals surface area contributed by atoms with E-state index in [-0.39, 0.29) is 48.6 Å². The van der Waals surface area contributed by atoms with Crippen LogP contribution in [0.2, 0.25) is 0 Å². The zero-order valence-corrected chi connectivity index (χ0v) is 22.5. The number of unbranched alkanes of at least 4 members (excludes halogenated alkanes) is 2. The summed E-state index contributed by atoms with van der Waals surface area (Å²) in [7, 11) is 0. The second-order valence-corrected chi connectivity index (χ2v) is 9.57. The molecular weight excluding hydrogens is 505 g/mol. The zero-order chi connectivity index (χ0) is 28.1. The van der Waals surface area contributed by atoms with Gasteiger partial charge in [-0.2, -0.15) is 13.2 Å². The molecule has 0 saturated heterocycles. The lowest BCUT2D eigenvalue weighted by Crippen LogP contribution is -2.32. The predicted octanol–water partition coefficient (Wildman–Crippen LogP) is 6.87. The number of nitrogens with zero attached hydrogens (tertiary/aromatic N) is 1. The molecule has 3 rings (SSSR count). The number of amides is 1. The first-order valence-electron chi connectivity index (χ1n) is 13.3. The molecule has 0 fully saturated rings. The molecule has 3 aromatic rings. The average molecular weight is 543 g/mol. The third-order valence-corrected chi connectivity index (χ3v) is 6.42. The van der Waals surface area contributed by atoms with Crippen LogP contribution >= 0.6 is 0 Å². The summed E-state index contributed by atoms with van der Waals surface area (Å²) in [5, 5.41) is 6.26. The largest absolute Gasteiger partial charge is 0.416 e. The van der Waals surface area contributed by atoms with Crippen molar-refractivity contribution in [1.29, 1.82) is 0 Å². The first-order chi connectivity index (χ1) is 18.8. The smallest absolute Gasteiger partial charge is 0.357 e. The number of aromatic nitrogens is 1. The molecule has 0 bridgehead atoms. The third-order valence-electron chi connectivity index (χ3n) is 6.42. The van der Waals surface area contributed by atoms with Gasteiger partial charge in [0.1, 0.15) is 5.82 Å². The van der Waals surface area contributed by atoms with E-state index in [1.807, 2.05) is 30.3 Å². The van der Waals surface area contributed by atoms with Crippen molar-refractivity contribution in [3.63, 3.8) is 0 Å². The Morgan fingerprint density at radius 2 is 1.72 bits per heavy atom. The van der Waals surface area contributed by atoms with Gasteiger partial charge >= 0.3 is 6.18 Å². The molecule has 39 heavy (non-hydrogen) atoms. The Labute approximate surface area is 228 Å². The second kappa shape index (κ2) is 15.2. The average Bonchev–Trinajstić information content (AvgIpc) is 2.92. The molecule has 1 atom stereocenters. The van der Waals surface area contributed by atoms with Crippen LogP contribution in [-0.2, 0) is 22.4 Å². The monoisotopic (exact) mass is 542 g/mol. The van der Waals surface area contributed by atoms with Gasteiger partial charge in [0.05, 0.1) is 24.5 Å². The van der Waals surface area contributed by atoms with Crippen LogP contribution < -0.4 is 16.1 Å². The van der Waals surface area contributed by atoms with E-state index in [1.165, 1.54) is 6.92 Å². The topological polar surface area (TPSA) is 75.3 Å². The standard InChI is InChI=1S/C30H37F3N4O2/c1-3-4-7-14-24(17-28(38)37-39-20-23-12-8-5-9-13-23)19-34-21-35-29-22(2)26(30(31,32)33)18-27(36-29)25-15-10-6-11-16-25/h5-6,8-13,15-16,18,24,34H,3-4,7,14,17,19-21H2,1-2H3,(H,35,36)(H,37,38)/t24-/m1/s1. The number of alkyl halides is 3. The number of pyridine rings is 1. The van der Waals surface area contributed by atoms with Crippen LogP contribution in [0.25, 0.3) is 11.3 Å². The van der Waals surface area contributed by atoms with Gasteiger partial charge in [-0.05, 0) is 30.9 Å². The molecule has 1 aromatic heterocycles. The number of anilines is 1. The van der Waals surface area contributed by atoms with E-state index in [4.69, 9.17) is 4.84 Å². The molecule has 1 amide bonds. The molecule has 6 nitrogen and oxygen atoms in total. The van der Waals surface area contributed by atoms with E-state index < -0.39 is 11.7 Å². The summed E-state index contributed by atoms with van der Waals surface area (Å²) in [5.74, 6) is 0.0185. The lowest BCUT2D eigenvalue weighted by Gasteiger charge is -2.19. The summed E-state index contributed by atoms with van der Waals surface area (Å²) in [4.78, 5) is 22.3. The number of carbonyl (C=O) groups is 1. The molecule has 0 aliphatic heterocycles. The highest BCUT2D eigenvalue weighted by Crippen LogP contribution is 2.36. The normalized spacial score (nSPS) is 12.2. The molecule has 9 heteroatoms. The van der Waals surface area contributed by atoms with Crippen LogP contribution in [0.15, 0.2) is 66.7 Å². The third kappa shape index (κ3) is 10.00. The van der Waals surface area contributed by atoms with Gasteiger partial charge in [-0.1, -0.05) is 86.8 Å². The summed E-state index contributed by atoms with van der Waals surface area (Å²) in [6.45, 7) is 4.55. The summed E-state index contributed by atoms with van der Waals surface area (Å²) >= 11 is 0. The fourth-order valence-corrected chi connectivity index (χ4v) is 4.29. The summed E-state index contributed by atoms with van der Waals surface area (Å²) in [5.41, 5.74) is 3.66. The molecule has 0 saturated carbocycles. The van der Waals surface area contributed by atoms with Gasteiger partial charge in [0.2, 0.25) is 5.91 Å². The number of carbonyl (C=O) groups excluding carboxylic acids is 1. The number of hydrogen-bond acceptors (Lipinski definition) is 5. The van der Waals surface area contributed by atoms with E-state index in [9.17, 15) is 18.0 Å². The Hall–Kier alpha value is -3.43. The maximum atomic E-state index is 13.8. The molecule has 0 radical (unpaired) electrons. The van der Waals surface area contributed by atoms with Crippen LogP contribution in [0.3, 0.4) is 0 Å². The lowest BCUT2D eigenvalue weighted by molar-refractivity contribution is -0.138. The predicted molar refractivity (Wildman–Crippen MR) is 148 cm³/mol. The van der Waals surface area contributed by atoms with Crippen molar-refractivity contribution in [2.45, 2.75) is 58.7 Å². The minimum absolute atomic E-state index is 0.0402. The van der Waals surface area contributed by atoms with E-state index in [2.05, 4.69) is 28.0 Å². The van der Waals surface area contributed by atoms with Crippen LogP contribution in [0, 0.1) is 12.8 Å². The maximum Gasteiger partial charge on any atom is 0.416 e. The summed E-state index contributed by atoms with van der Waals surface area (Å²) in [6, 6.07) is 19.4. The van der Waals surface area contributed by atoms with Gasteiger partial charge in [-0.25, -0.2) is 10.5 Å². The molecule has 3 N–H and O–H groups in total. The fraction of sp³-hybridized carbons (Fsp3) is 0.400. The maximum absolute atomic E-state index is 13.8. The molecule has 0 unspecified atom stereocenters. The highest BCUT2D eigenvalue weighted by molar-refractivity contribution is 5.75. The zero-order valence-electron chi connectivity index (χ0n) is 22.5. The van der Waals surface area contributed by atoms with Crippen molar-refractivity contribution in [2.24, 2.45) is 5.92 Å². The van der Waals surface area contributed by atoms with Gasteiger partial charge in [0, 0.05) is 24.1 Å². The first kappa shape index (κ1) is 30.1. The van der Waals surface area contributed by atoms with Crippen molar-refractivity contribution in [1.82, 2.24) is 15.8 Å². The Balaban J connectivity index is 1.57.